The van der Waals surface area contributed by atoms with Crippen LogP contribution in [0.4, 0.5) is 5.69 Å². The molecule has 4 aliphatic rings. The van der Waals surface area contributed by atoms with Gasteiger partial charge in [0.15, 0.2) is 0 Å². The van der Waals surface area contributed by atoms with E-state index in [4.69, 9.17) is 4.74 Å². The fourth-order valence-electron chi connectivity index (χ4n) is 10.3. The third-order valence-corrected chi connectivity index (χ3v) is 12.3. The number of rotatable bonds is 9. The van der Waals surface area contributed by atoms with Crippen molar-refractivity contribution in [2.45, 2.75) is 97.5 Å². The van der Waals surface area contributed by atoms with Gasteiger partial charge in [-0.3, -0.25) is 4.79 Å². The van der Waals surface area contributed by atoms with E-state index < -0.39 is 0 Å². The second-order valence-corrected chi connectivity index (χ2v) is 14.2. The Hall–Kier alpha value is -1.81. The number of aliphatic hydroxyl groups excluding tert-OH is 1. The van der Waals surface area contributed by atoms with E-state index in [0.717, 1.165) is 44.1 Å². The summed E-state index contributed by atoms with van der Waals surface area (Å²) in [6, 6.07) is 10.4. The Morgan fingerprint density at radius 3 is 2.56 bits per heavy atom. The van der Waals surface area contributed by atoms with Gasteiger partial charge in [-0.15, -0.1) is 0 Å². The lowest BCUT2D eigenvalue weighted by Gasteiger charge is -2.62. The van der Waals surface area contributed by atoms with E-state index in [1.165, 1.54) is 51.3 Å². The number of anilines is 1. The fraction of sp³-hybridized carbons (Fsp3) is 0.743. The molecule has 1 aromatic rings. The largest absolute Gasteiger partial charge is 0.469 e. The number of para-hydroxylation sites is 1. The van der Waals surface area contributed by atoms with Gasteiger partial charge in [-0.2, -0.15) is 0 Å². The number of carbonyl (C=O) groups excluding carboxylic acids is 1. The van der Waals surface area contributed by atoms with Crippen LogP contribution in [0.3, 0.4) is 0 Å². The Balaban J connectivity index is 1.19. The third-order valence-electron chi connectivity index (χ3n) is 12.3. The monoisotopic (exact) mass is 535 g/mol. The highest BCUT2D eigenvalue weighted by atomic mass is 16.5. The number of nitrogens with one attached hydrogen (secondary N) is 1. The highest BCUT2D eigenvalue weighted by Gasteiger charge is 2.62. The number of methoxy groups -OCH3 is 1. The summed E-state index contributed by atoms with van der Waals surface area (Å²) in [6.45, 7) is 8.45. The molecule has 0 aromatic heterocycles. The summed E-state index contributed by atoms with van der Waals surface area (Å²) in [5, 5.41) is 15.1. The van der Waals surface area contributed by atoms with Gasteiger partial charge in [-0.1, -0.05) is 51.1 Å². The highest BCUT2D eigenvalue weighted by molar-refractivity contribution is 5.69. The maximum Gasteiger partial charge on any atom is 0.305 e. The van der Waals surface area contributed by atoms with Crippen LogP contribution >= 0.6 is 0 Å². The predicted molar refractivity (Wildman–Crippen MR) is 159 cm³/mol. The smallest absolute Gasteiger partial charge is 0.305 e. The first kappa shape index (κ1) is 28.7. The lowest BCUT2D eigenvalue weighted by Crippen LogP contribution is -2.57. The molecule has 4 aliphatic carbocycles. The van der Waals surface area contributed by atoms with Gasteiger partial charge in [0.2, 0.25) is 0 Å². The van der Waals surface area contributed by atoms with E-state index >= 15 is 0 Å². The van der Waals surface area contributed by atoms with E-state index in [1.54, 1.807) is 0 Å². The van der Waals surface area contributed by atoms with Gasteiger partial charge in [0, 0.05) is 18.7 Å². The molecule has 0 aliphatic heterocycles. The first-order valence-corrected chi connectivity index (χ1v) is 16.0. The Morgan fingerprint density at radius 1 is 1.05 bits per heavy atom. The summed E-state index contributed by atoms with van der Waals surface area (Å²) in [5.74, 6) is 4.35. The Labute approximate surface area is 237 Å². The first-order valence-electron chi connectivity index (χ1n) is 16.0. The average Bonchev–Trinajstić information content (AvgIpc) is 3.30. The number of fused-ring (bicyclic) bond motifs is 5. The SMILES string of the molecule is COC(=O)CC[C@@H](C)[C@H]1CCC2C3C[C@@H](O)[C@H]4CC(/C=C/CCNc5ccccc5)CC[C@]4(C)C3CC[C@@]21C. The summed E-state index contributed by atoms with van der Waals surface area (Å²) in [4.78, 5) is 11.8. The van der Waals surface area contributed by atoms with Crippen LogP contribution < -0.4 is 5.32 Å². The zero-order valence-corrected chi connectivity index (χ0v) is 24.9. The number of allylic oxidation sites excluding steroid dienone is 1. The molecule has 4 fully saturated rings. The zero-order chi connectivity index (χ0) is 27.6. The Morgan fingerprint density at radius 2 is 1.79 bits per heavy atom. The molecule has 39 heavy (non-hydrogen) atoms. The van der Waals surface area contributed by atoms with Gasteiger partial charge >= 0.3 is 5.97 Å². The van der Waals surface area contributed by atoms with Gasteiger partial charge < -0.3 is 15.2 Å². The second-order valence-electron chi connectivity index (χ2n) is 14.2. The van der Waals surface area contributed by atoms with Gasteiger partial charge in [0.25, 0.3) is 0 Å². The number of hydrogen-bond acceptors (Lipinski definition) is 4. The maximum atomic E-state index is 11.8. The molecule has 10 atom stereocenters. The van der Waals surface area contributed by atoms with Crippen molar-refractivity contribution in [2.24, 2.45) is 52.3 Å². The van der Waals surface area contributed by atoms with Crippen LogP contribution in [-0.2, 0) is 9.53 Å². The van der Waals surface area contributed by atoms with Crippen molar-refractivity contribution >= 4 is 11.7 Å². The van der Waals surface area contributed by atoms with Gasteiger partial charge in [-0.05, 0) is 129 Å². The number of hydrogen-bond donors (Lipinski definition) is 2. The molecule has 4 heteroatoms. The number of benzene rings is 1. The Bertz CT molecular complexity index is 993. The van der Waals surface area contributed by atoms with Crippen molar-refractivity contribution in [3.63, 3.8) is 0 Å². The topological polar surface area (TPSA) is 58.6 Å². The third kappa shape index (κ3) is 5.69. The first-order chi connectivity index (χ1) is 18.8. The van der Waals surface area contributed by atoms with Crippen molar-refractivity contribution in [2.75, 3.05) is 19.0 Å². The van der Waals surface area contributed by atoms with Crippen molar-refractivity contribution in [3.8, 4) is 0 Å². The van der Waals surface area contributed by atoms with Crippen molar-refractivity contribution in [1.29, 1.82) is 0 Å². The van der Waals surface area contributed by atoms with Gasteiger partial charge in [0.1, 0.15) is 0 Å². The summed E-state index contributed by atoms with van der Waals surface area (Å²) < 4.78 is 4.92. The summed E-state index contributed by atoms with van der Waals surface area (Å²) in [6.07, 6.45) is 17.1. The lowest BCUT2D eigenvalue weighted by molar-refractivity contribution is -0.163. The molecule has 0 spiro atoms. The predicted octanol–water partition coefficient (Wildman–Crippen LogP) is 7.88. The molecule has 216 valence electrons. The highest BCUT2D eigenvalue weighted by Crippen LogP contribution is 2.68. The fourth-order valence-corrected chi connectivity index (χ4v) is 10.3. The molecule has 0 bridgehead atoms. The number of aliphatic hydroxyl groups is 1. The van der Waals surface area contributed by atoms with Crippen molar-refractivity contribution in [1.82, 2.24) is 0 Å². The molecule has 4 unspecified atom stereocenters. The maximum absolute atomic E-state index is 11.8. The van der Waals surface area contributed by atoms with Crippen LogP contribution in [0, 0.1) is 52.3 Å². The minimum atomic E-state index is -0.162. The molecule has 0 heterocycles. The minimum absolute atomic E-state index is 0.0751. The number of carbonyl (C=O) groups is 1. The molecule has 5 rings (SSSR count). The van der Waals surface area contributed by atoms with Crippen LogP contribution in [0.1, 0.15) is 91.4 Å². The van der Waals surface area contributed by atoms with E-state index in [2.05, 4.69) is 68.6 Å². The van der Waals surface area contributed by atoms with E-state index in [9.17, 15) is 9.90 Å². The average molecular weight is 536 g/mol. The number of esters is 1. The van der Waals surface area contributed by atoms with E-state index in [1.807, 2.05) is 0 Å². The molecule has 0 radical (unpaired) electrons. The summed E-state index contributed by atoms with van der Waals surface area (Å²) >= 11 is 0. The zero-order valence-electron chi connectivity index (χ0n) is 24.9. The van der Waals surface area contributed by atoms with E-state index in [0.29, 0.717) is 41.4 Å². The van der Waals surface area contributed by atoms with E-state index in [-0.39, 0.29) is 17.5 Å². The molecular formula is C35H53NO3. The summed E-state index contributed by atoms with van der Waals surface area (Å²) in [7, 11) is 1.50. The van der Waals surface area contributed by atoms with Crippen molar-refractivity contribution < 1.29 is 14.6 Å². The molecule has 0 saturated heterocycles. The molecular weight excluding hydrogens is 482 g/mol. The quantitative estimate of drug-likeness (QED) is 0.192. The van der Waals surface area contributed by atoms with Crippen LogP contribution in [0.2, 0.25) is 0 Å². The number of ether oxygens (including phenoxy) is 1. The van der Waals surface area contributed by atoms with Crippen LogP contribution in [-0.4, -0.2) is 30.8 Å². The van der Waals surface area contributed by atoms with Crippen LogP contribution in [0.15, 0.2) is 42.5 Å². The lowest BCUT2D eigenvalue weighted by atomic mass is 9.43. The van der Waals surface area contributed by atoms with Crippen LogP contribution in [0.5, 0.6) is 0 Å². The molecule has 4 nitrogen and oxygen atoms in total. The molecule has 1 aromatic carbocycles. The minimum Gasteiger partial charge on any atom is -0.469 e. The van der Waals surface area contributed by atoms with Gasteiger partial charge in [-0.25, -0.2) is 0 Å². The van der Waals surface area contributed by atoms with Crippen LogP contribution in [0.25, 0.3) is 0 Å². The molecule has 0 amide bonds. The second kappa shape index (κ2) is 12.0. The Kier molecular flexibility index (Phi) is 8.81. The summed E-state index contributed by atoms with van der Waals surface area (Å²) in [5.41, 5.74) is 1.82. The molecule has 4 saturated carbocycles. The van der Waals surface area contributed by atoms with Gasteiger partial charge in [0.05, 0.1) is 13.2 Å². The normalized spacial score (nSPS) is 40.4. The standard InChI is InChI=1S/C35H53NO3/c1-24(13-16-33(38)39-4)28-14-15-29-27-23-32(37)31-22-25(10-8-9-21-36-26-11-6-5-7-12-26)17-19-35(31,3)30(27)18-20-34(28,29)2/h5-8,10-12,24-25,27-32,36-37H,9,13-23H2,1-4H3/b10-8+/t24-,25?,27?,28-,29?,30?,31-,32-,34-,35-/m1/s1. The molecule has 2 N–H and O–H groups in total. The van der Waals surface area contributed by atoms with Crippen molar-refractivity contribution in [3.05, 3.63) is 42.5 Å².